The van der Waals surface area contributed by atoms with Gasteiger partial charge in [-0.05, 0) is 30.7 Å². The van der Waals surface area contributed by atoms with Crippen molar-refractivity contribution in [3.8, 4) is 0 Å². The van der Waals surface area contributed by atoms with Crippen LogP contribution < -0.4 is 0 Å². The molecule has 1 aromatic heterocycles. The molecule has 0 saturated heterocycles. The third-order valence-electron chi connectivity index (χ3n) is 2.87. The van der Waals surface area contributed by atoms with Gasteiger partial charge in [-0.2, -0.15) is 0 Å². The summed E-state index contributed by atoms with van der Waals surface area (Å²) in [7, 11) is 0. The highest BCUT2D eigenvalue weighted by Crippen LogP contribution is 2.03. The summed E-state index contributed by atoms with van der Waals surface area (Å²) in [5.74, 6) is -1.04. The second kappa shape index (κ2) is 7.01. The first kappa shape index (κ1) is 13.6. The molecule has 1 heterocycles. The zero-order chi connectivity index (χ0) is 12.7. The largest absolute Gasteiger partial charge is 0.481 e. The van der Waals surface area contributed by atoms with Crippen LogP contribution in [0.1, 0.15) is 19.4 Å². The van der Waals surface area contributed by atoms with E-state index in [4.69, 9.17) is 5.11 Å². The predicted molar refractivity (Wildman–Crippen MR) is 66.9 cm³/mol. The Balaban J connectivity index is 2.40. The van der Waals surface area contributed by atoms with E-state index in [1.54, 1.807) is 19.3 Å². The van der Waals surface area contributed by atoms with Crippen molar-refractivity contribution in [3.05, 3.63) is 30.1 Å². The summed E-state index contributed by atoms with van der Waals surface area (Å²) in [6.45, 7) is 6.18. The minimum Gasteiger partial charge on any atom is -0.481 e. The molecule has 4 heteroatoms. The SMILES string of the molecule is CCN(CCc1ccncc1)CC(C)C(=O)O. The Bertz CT molecular complexity index is 341. The topological polar surface area (TPSA) is 53.4 Å². The highest BCUT2D eigenvalue weighted by Gasteiger charge is 2.14. The molecule has 0 aliphatic heterocycles. The van der Waals surface area contributed by atoms with E-state index in [9.17, 15) is 4.79 Å². The Kier molecular flexibility index (Phi) is 5.63. The molecule has 4 nitrogen and oxygen atoms in total. The van der Waals surface area contributed by atoms with E-state index < -0.39 is 5.97 Å². The molecule has 0 radical (unpaired) electrons. The Morgan fingerprint density at radius 2 is 2.12 bits per heavy atom. The number of hydrogen-bond donors (Lipinski definition) is 1. The summed E-state index contributed by atoms with van der Waals surface area (Å²) in [5, 5.41) is 8.88. The van der Waals surface area contributed by atoms with Gasteiger partial charge in [-0.25, -0.2) is 0 Å². The lowest BCUT2D eigenvalue weighted by Gasteiger charge is -2.22. The molecule has 0 saturated carbocycles. The number of pyridine rings is 1. The number of carboxylic acid groups (broad SMARTS) is 1. The van der Waals surface area contributed by atoms with Crippen molar-refractivity contribution in [3.63, 3.8) is 0 Å². The quantitative estimate of drug-likeness (QED) is 0.782. The average molecular weight is 236 g/mol. The monoisotopic (exact) mass is 236 g/mol. The van der Waals surface area contributed by atoms with E-state index in [0.717, 1.165) is 19.5 Å². The molecule has 1 rings (SSSR count). The normalized spacial score (nSPS) is 12.6. The molecule has 0 bridgehead atoms. The summed E-state index contributed by atoms with van der Waals surface area (Å²) in [6.07, 6.45) is 4.50. The lowest BCUT2D eigenvalue weighted by atomic mass is 10.1. The van der Waals surface area contributed by atoms with Crippen LogP contribution in [0.2, 0.25) is 0 Å². The van der Waals surface area contributed by atoms with Crippen molar-refractivity contribution in [1.82, 2.24) is 9.88 Å². The maximum Gasteiger partial charge on any atom is 0.307 e. The second-order valence-corrected chi connectivity index (χ2v) is 4.24. The fourth-order valence-corrected chi connectivity index (χ4v) is 1.68. The zero-order valence-corrected chi connectivity index (χ0v) is 10.5. The second-order valence-electron chi connectivity index (χ2n) is 4.24. The fraction of sp³-hybridized carbons (Fsp3) is 0.538. The lowest BCUT2D eigenvalue weighted by molar-refractivity contribution is -0.141. The van der Waals surface area contributed by atoms with E-state index in [0.29, 0.717) is 6.54 Å². The minimum absolute atomic E-state index is 0.313. The summed E-state index contributed by atoms with van der Waals surface area (Å²) >= 11 is 0. The van der Waals surface area contributed by atoms with Gasteiger partial charge in [-0.15, -0.1) is 0 Å². The lowest BCUT2D eigenvalue weighted by Crippen LogP contribution is -2.33. The van der Waals surface area contributed by atoms with Gasteiger partial charge in [0.25, 0.3) is 0 Å². The van der Waals surface area contributed by atoms with Crippen LogP contribution in [0.25, 0.3) is 0 Å². The van der Waals surface area contributed by atoms with Crippen LogP contribution in [-0.4, -0.2) is 40.6 Å². The first-order valence-corrected chi connectivity index (χ1v) is 5.97. The Morgan fingerprint density at radius 1 is 1.47 bits per heavy atom. The van der Waals surface area contributed by atoms with Crippen molar-refractivity contribution in [2.24, 2.45) is 5.92 Å². The van der Waals surface area contributed by atoms with Crippen molar-refractivity contribution in [2.45, 2.75) is 20.3 Å². The van der Waals surface area contributed by atoms with E-state index in [1.165, 1.54) is 5.56 Å². The number of carbonyl (C=O) groups is 1. The highest BCUT2D eigenvalue weighted by atomic mass is 16.4. The van der Waals surface area contributed by atoms with Crippen LogP contribution in [0.15, 0.2) is 24.5 Å². The molecule has 94 valence electrons. The van der Waals surface area contributed by atoms with Crippen LogP contribution in [0.5, 0.6) is 0 Å². The maximum absolute atomic E-state index is 10.8. The van der Waals surface area contributed by atoms with Crippen LogP contribution in [-0.2, 0) is 11.2 Å². The van der Waals surface area contributed by atoms with Gasteiger partial charge in [0.1, 0.15) is 0 Å². The number of likely N-dealkylation sites (N-methyl/N-ethyl adjacent to an activating group) is 1. The Labute approximate surface area is 102 Å². The van der Waals surface area contributed by atoms with Crippen molar-refractivity contribution in [1.29, 1.82) is 0 Å². The molecule has 1 unspecified atom stereocenters. The van der Waals surface area contributed by atoms with Crippen molar-refractivity contribution >= 4 is 5.97 Å². The number of aromatic nitrogens is 1. The molecule has 1 N–H and O–H groups in total. The molecular weight excluding hydrogens is 216 g/mol. The van der Waals surface area contributed by atoms with Gasteiger partial charge in [0, 0.05) is 25.5 Å². The standard InChI is InChI=1S/C13H20N2O2/c1-3-15(10-11(2)13(16)17)9-6-12-4-7-14-8-5-12/h4-5,7-8,11H,3,6,9-10H2,1-2H3,(H,16,17). The molecule has 17 heavy (non-hydrogen) atoms. The van der Waals surface area contributed by atoms with Gasteiger partial charge in [0.05, 0.1) is 5.92 Å². The molecule has 0 fully saturated rings. The molecule has 1 aromatic rings. The van der Waals surface area contributed by atoms with Gasteiger partial charge in [0.15, 0.2) is 0 Å². The molecule has 0 aliphatic rings. The summed E-state index contributed by atoms with van der Waals surface area (Å²) < 4.78 is 0. The smallest absolute Gasteiger partial charge is 0.307 e. The van der Waals surface area contributed by atoms with E-state index >= 15 is 0 Å². The maximum atomic E-state index is 10.8. The third kappa shape index (κ3) is 4.95. The molecule has 0 aromatic carbocycles. The fourth-order valence-electron chi connectivity index (χ4n) is 1.68. The molecule has 0 aliphatic carbocycles. The first-order chi connectivity index (χ1) is 8.13. The number of rotatable bonds is 7. The van der Waals surface area contributed by atoms with Gasteiger partial charge in [0.2, 0.25) is 0 Å². The van der Waals surface area contributed by atoms with Crippen LogP contribution >= 0.6 is 0 Å². The summed E-state index contributed by atoms with van der Waals surface area (Å²) in [4.78, 5) is 16.9. The average Bonchev–Trinajstić information content (AvgIpc) is 2.35. The van der Waals surface area contributed by atoms with Gasteiger partial charge in [-0.3, -0.25) is 9.78 Å². The van der Waals surface area contributed by atoms with Crippen LogP contribution in [0.3, 0.4) is 0 Å². The number of nitrogens with zero attached hydrogens (tertiary/aromatic N) is 2. The van der Waals surface area contributed by atoms with E-state index in [1.807, 2.05) is 12.1 Å². The van der Waals surface area contributed by atoms with Gasteiger partial charge in [-0.1, -0.05) is 13.8 Å². The molecular formula is C13H20N2O2. The van der Waals surface area contributed by atoms with Gasteiger partial charge < -0.3 is 10.0 Å². The summed E-state index contributed by atoms with van der Waals surface area (Å²) in [5.41, 5.74) is 1.24. The number of hydrogen-bond acceptors (Lipinski definition) is 3. The number of aliphatic carboxylic acids is 1. The first-order valence-electron chi connectivity index (χ1n) is 5.97. The van der Waals surface area contributed by atoms with Crippen molar-refractivity contribution < 1.29 is 9.90 Å². The zero-order valence-electron chi connectivity index (χ0n) is 10.5. The predicted octanol–water partition coefficient (Wildman–Crippen LogP) is 1.67. The minimum atomic E-state index is -0.729. The van der Waals surface area contributed by atoms with Gasteiger partial charge >= 0.3 is 5.97 Å². The molecule has 0 amide bonds. The molecule has 1 atom stereocenters. The van der Waals surface area contributed by atoms with Crippen LogP contribution in [0.4, 0.5) is 0 Å². The molecule has 0 spiro atoms. The Morgan fingerprint density at radius 3 is 2.65 bits per heavy atom. The summed E-state index contributed by atoms with van der Waals surface area (Å²) in [6, 6.07) is 3.99. The Hall–Kier alpha value is -1.42. The third-order valence-corrected chi connectivity index (χ3v) is 2.87. The number of carboxylic acids is 1. The highest BCUT2D eigenvalue weighted by molar-refractivity contribution is 5.69. The van der Waals surface area contributed by atoms with E-state index in [-0.39, 0.29) is 5.92 Å². The van der Waals surface area contributed by atoms with Crippen LogP contribution in [0, 0.1) is 5.92 Å². The van der Waals surface area contributed by atoms with E-state index in [2.05, 4.69) is 16.8 Å². The van der Waals surface area contributed by atoms with Crippen molar-refractivity contribution in [2.75, 3.05) is 19.6 Å².